The molecule has 1 aromatic carbocycles. The summed E-state index contributed by atoms with van der Waals surface area (Å²) in [5.41, 5.74) is 1.47. The number of carbonyl (C=O) groups is 1. The molecule has 0 bridgehead atoms. The molecule has 0 radical (unpaired) electrons. The maximum atomic E-state index is 11.3. The summed E-state index contributed by atoms with van der Waals surface area (Å²) in [5.74, 6) is 0.560. The summed E-state index contributed by atoms with van der Waals surface area (Å²) in [6.07, 6.45) is 1.60. The molecule has 0 spiro atoms. The van der Waals surface area contributed by atoms with Crippen molar-refractivity contribution < 1.29 is 19.4 Å². The second-order valence-electron chi connectivity index (χ2n) is 5.57. The predicted octanol–water partition coefficient (Wildman–Crippen LogP) is 0.649. The van der Waals surface area contributed by atoms with Crippen LogP contribution >= 0.6 is 0 Å². The highest BCUT2D eigenvalue weighted by atomic mass is 16.5. The number of hydrogen-bond donors (Lipinski definition) is 3. The van der Waals surface area contributed by atoms with E-state index in [2.05, 4.69) is 10.6 Å². The molecule has 1 fully saturated rings. The molecule has 0 aliphatic carbocycles. The largest absolute Gasteiger partial charge is 0.482 e. The number of ether oxygens (including phenoxy) is 2. The van der Waals surface area contributed by atoms with Gasteiger partial charge in [0.15, 0.2) is 6.61 Å². The van der Waals surface area contributed by atoms with E-state index in [9.17, 15) is 9.90 Å². The zero-order valence-corrected chi connectivity index (χ0v) is 11.9. The average molecular weight is 292 g/mol. The third kappa shape index (κ3) is 3.18. The van der Waals surface area contributed by atoms with Crippen LogP contribution in [0.15, 0.2) is 18.2 Å². The van der Waals surface area contributed by atoms with Crippen LogP contribution in [-0.2, 0) is 16.1 Å². The van der Waals surface area contributed by atoms with Crippen LogP contribution in [0.3, 0.4) is 0 Å². The maximum absolute atomic E-state index is 11.3. The summed E-state index contributed by atoms with van der Waals surface area (Å²) < 4.78 is 10.7. The summed E-state index contributed by atoms with van der Waals surface area (Å²) in [6, 6.07) is 5.74. The Kier molecular flexibility index (Phi) is 4.10. The van der Waals surface area contributed by atoms with E-state index in [4.69, 9.17) is 9.47 Å². The minimum Gasteiger partial charge on any atom is -0.482 e. The number of fused-ring (bicyclic) bond motifs is 1. The number of rotatable bonds is 4. The van der Waals surface area contributed by atoms with E-state index in [-0.39, 0.29) is 24.7 Å². The van der Waals surface area contributed by atoms with Crippen LogP contribution in [0, 0.1) is 0 Å². The highest BCUT2D eigenvalue weighted by Crippen LogP contribution is 2.29. The first kappa shape index (κ1) is 14.3. The van der Waals surface area contributed by atoms with Gasteiger partial charge < -0.3 is 25.2 Å². The monoisotopic (exact) mass is 292 g/mol. The van der Waals surface area contributed by atoms with E-state index < -0.39 is 0 Å². The van der Waals surface area contributed by atoms with E-state index in [1.54, 1.807) is 0 Å². The molecule has 1 aromatic rings. The van der Waals surface area contributed by atoms with Crippen molar-refractivity contribution in [1.82, 2.24) is 5.32 Å². The molecule has 114 valence electrons. The molecule has 3 N–H and O–H groups in total. The standard InChI is InChI=1S/C15H20N2O4/c18-10-15(3-5-20-6-4-15)16-8-11-1-2-13-12(7-11)17-14(19)9-21-13/h1-2,7,16,18H,3-6,8-10H2,(H,17,19). The maximum Gasteiger partial charge on any atom is 0.262 e. The quantitative estimate of drug-likeness (QED) is 0.759. The van der Waals surface area contributed by atoms with Crippen molar-refractivity contribution >= 4 is 11.6 Å². The number of aliphatic hydroxyl groups excluding tert-OH is 1. The summed E-state index contributed by atoms with van der Waals surface area (Å²) in [6.45, 7) is 2.13. The second kappa shape index (κ2) is 6.01. The Balaban J connectivity index is 1.67. The SMILES string of the molecule is O=C1COc2ccc(CNC3(CO)CCOCC3)cc2N1. The van der Waals surface area contributed by atoms with Crippen LogP contribution in [0.2, 0.25) is 0 Å². The topological polar surface area (TPSA) is 79.8 Å². The van der Waals surface area contributed by atoms with E-state index in [1.165, 1.54) is 0 Å². The molecule has 21 heavy (non-hydrogen) atoms. The molecule has 2 aliphatic rings. The molecule has 6 heteroatoms. The number of benzene rings is 1. The van der Waals surface area contributed by atoms with Gasteiger partial charge in [-0.15, -0.1) is 0 Å². The lowest BCUT2D eigenvalue weighted by molar-refractivity contribution is -0.118. The normalized spacial score (nSPS) is 20.3. The Morgan fingerprint density at radius 1 is 1.33 bits per heavy atom. The van der Waals surface area contributed by atoms with Gasteiger partial charge in [-0.25, -0.2) is 0 Å². The van der Waals surface area contributed by atoms with E-state index in [0.717, 1.165) is 18.4 Å². The number of amides is 1. The third-order valence-corrected chi connectivity index (χ3v) is 4.10. The Morgan fingerprint density at radius 3 is 2.90 bits per heavy atom. The van der Waals surface area contributed by atoms with Gasteiger partial charge in [0.1, 0.15) is 5.75 Å². The van der Waals surface area contributed by atoms with E-state index in [0.29, 0.717) is 31.2 Å². The first-order valence-corrected chi connectivity index (χ1v) is 7.20. The smallest absolute Gasteiger partial charge is 0.262 e. The molecule has 1 saturated heterocycles. The van der Waals surface area contributed by atoms with Crippen molar-refractivity contribution in [3.8, 4) is 5.75 Å². The molecule has 0 atom stereocenters. The fourth-order valence-electron chi connectivity index (χ4n) is 2.68. The number of anilines is 1. The molecule has 1 amide bonds. The van der Waals surface area contributed by atoms with Crippen molar-refractivity contribution in [2.45, 2.75) is 24.9 Å². The van der Waals surface area contributed by atoms with Crippen molar-refractivity contribution in [2.75, 3.05) is 31.7 Å². The van der Waals surface area contributed by atoms with Gasteiger partial charge in [-0.05, 0) is 30.5 Å². The second-order valence-corrected chi connectivity index (χ2v) is 5.57. The Labute approximate surface area is 123 Å². The lowest BCUT2D eigenvalue weighted by Crippen LogP contribution is -2.51. The van der Waals surface area contributed by atoms with Crippen LogP contribution < -0.4 is 15.4 Å². The van der Waals surface area contributed by atoms with Crippen LogP contribution in [0.1, 0.15) is 18.4 Å². The predicted molar refractivity (Wildman–Crippen MR) is 77.3 cm³/mol. The van der Waals surface area contributed by atoms with Gasteiger partial charge in [-0.3, -0.25) is 4.79 Å². The highest BCUT2D eigenvalue weighted by molar-refractivity contribution is 5.95. The molecule has 0 saturated carbocycles. The molecule has 2 aliphatic heterocycles. The zero-order valence-electron chi connectivity index (χ0n) is 11.9. The molecule has 3 rings (SSSR count). The average Bonchev–Trinajstić information content (AvgIpc) is 2.53. The van der Waals surface area contributed by atoms with Crippen LogP contribution in [0.25, 0.3) is 0 Å². The van der Waals surface area contributed by atoms with Crippen molar-refractivity contribution in [2.24, 2.45) is 0 Å². The van der Waals surface area contributed by atoms with Gasteiger partial charge in [0, 0.05) is 25.3 Å². The molecular weight excluding hydrogens is 272 g/mol. The fourth-order valence-corrected chi connectivity index (χ4v) is 2.68. The van der Waals surface area contributed by atoms with Gasteiger partial charge in [0.25, 0.3) is 5.91 Å². The van der Waals surface area contributed by atoms with Gasteiger partial charge in [0.2, 0.25) is 0 Å². The molecular formula is C15H20N2O4. The number of aliphatic hydroxyl groups is 1. The summed E-state index contributed by atoms with van der Waals surface area (Å²) in [4.78, 5) is 11.3. The highest BCUT2D eigenvalue weighted by Gasteiger charge is 2.31. The number of hydrogen-bond acceptors (Lipinski definition) is 5. The van der Waals surface area contributed by atoms with Gasteiger partial charge in [-0.1, -0.05) is 6.07 Å². The minimum absolute atomic E-state index is 0.0677. The van der Waals surface area contributed by atoms with Crippen molar-refractivity contribution in [3.63, 3.8) is 0 Å². The Morgan fingerprint density at radius 2 is 2.14 bits per heavy atom. The fraction of sp³-hybridized carbons (Fsp3) is 0.533. The lowest BCUT2D eigenvalue weighted by atomic mass is 9.90. The molecule has 0 unspecified atom stereocenters. The zero-order chi connectivity index (χ0) is 14.7. The molecule has 2 heterocycles. The number of carbonyl (C=O) groups excluding carboxylic acids is 1. The number of nitrogens with one attached hydrogen (secondary N) is 2. The first-order valence-electron chi connectivity index (χ1n) is 7.20. The van der Waals surface area contributed by atoms with Crippen molar-refractivity contribution in [1.29, 1.82) is 0 Å². The Hall–Kier alpha value is -1.63. The van der Waals surface area contributed by atoms with Gasteiger partial charge >= 0.3 is 0 Å². The minimum atomic E-state index is -0.270. The van der Waals surface area contributed by atoms with Crippen LogP contribution in [0.4, 0.5) is 5.69 Å². The Bertz CT molecular complexity index is 526. The summed E-state index contributed by atoms with van der Waals surface area (Å²) in [7, 11) is 0. The third-order valence-electron chi connectivity index (χ3n) is 4.10. The van der Waals surface area contributed by atoms with Crippen molar-refractivity contribution in [3.05, 3.63) is 23.8 Å². The van der Waals surface area contributed by atoms with Gasteiger partial charge in [-0.2, -0.15) is 0 Å². The summed E-state index contributed by atoms with van der Waals surface area (Å²) in [5, 5.41) is 15.9. The van der Waals surface area contributed by atoms with Crippen LogP contribution in [0.5, 0.6) is 5.75 Å². The van der Waals surface area contributed by atoms with Crippen LogP contribution in [-0.4, -0.2) is 43.0 Å². The lowest BCUT2D eigenvalue weighted by Gasteiger charge is -2.36. The summed E-state index contributed by atoms with van der Waals surface area (Å²) >= 11 is 0. The van der Waals surface area contributed by atoms with E-state index in [1.807, 2.05) is 18.2 Å². The molecule has 6 nitrogen and oxygen atoms in total. The first-order chi connectivity index (χ1) is 10.2. The van der Waals surface area contributed by atoms with E-state index >= 15 is 0 Å². The van der Waals surface area contributed by atoms with Gasteiger partial charge in [0.05, 0.1) is 12.3 Å². The molecule has 0 aromatic heterocycles.